The third kappa shape index (κ3) is 9.01. The van der Waals surface area contributed by atoms with Crippen molar-refractivity contribution in [1.29, 1.82) is 0 Å². The third-order valence-electron chi connectivity index (χ3n) is 14.8. The average Bonchev–Trinajstić information content (AvgIpc) is 4.26. The molecule has 78 heavy (non-hydrogen) atoms. The zero-order chi connectivity index (χ0) is 57.0. The fourth-order valence-electron chi connectivity index (χ4n) is 10.9. The zero-order valence-electron chi connectivity index (χ0n) is 48.8. The lowest BCUT2D eigenvalue weighted by molar-refractivity contribution is 0.483. The number of rotatable bonds is 13. The first kappa shape index (κ1) is 42.6. The summed E-state index contributed by atoms with van der Waals surface area (Å²) in [7, 11) is 0. The van der Waals surface area contributed by atoms with E-state index in [4.69, 9.17) is 21.3 Å². The van der Waals surface area contributed by atoms with Crippen molar-refractivity contribution in [2.24, 2.45) is 0 Å². The Kier molecular flexibility index (Phi) is 11.2. The maximum atomic E-state index is 9.10. The zero-order valence-corrected chi connectivity index (χ0v) is 43.8. The number of hydrogen-bond donors (Lipinski definition) is 0. The molecule has 12 aromatic rings. The van der Waals surface area contributed by atoms with E-state index in [0.717, 1.165) is 89.1 Å². The molecule has 0 unspecified atom stereocenters. The van der Waals surface area contributed by atoms with Gasteiger partial charge in [-0.15, -0.1) is 0 Å². The second kappa shape index (κ2) is 20.5. The highest BCUT2D eigenvalue weighted by molar-refractivity contribution is 6.09. The monoisotopic (exact) mass is 1020 g/mol. The average molecular weight is 1020 g/mol. The SMILES string of the molecule is [2H]c1c([2H])c([2H])c(-c2cccc(-c3cc(C(C)C)cc(C(C)C)c3)c2Oc2ccnc(-n3c4ccccc4c4ccc(Oc5cccc(N6CN(c7c(-c8ccccc8)cccc7-c7ccccc7)c7ccccc76)c5)cc43)c2)c([2H])c1[2H]. The quantitative estimate of drug-likeness (QED) is 0.115. The first-order chi connectivity index (χ1) is 40.4. The standard InChI is InChI=1S/C72H58N4O2/c1-48(2)53-41-54(49(3)4)43-55(42-53)63-33-20-32-62(52-25-12-7-13-26-52)72(63)78-59-39-40-73-70(46-59)76-66-34-15-14-29-64(66)65-38-37-58(45-69(65)76)77-57-28-18-27-56(44-57)74-47-75(68-36-17-16-35-67(68)74)71-60(50-21-8-5-9-22-50)30-19-31-61(71)51-23-10-6-11-24-51/h5-46,48-49H,47H2,1-4H3/i7D,12D,13D,25D,26D. The van der Waals surface area contributed by atoms with Gasteiger partial charge >= 0.3 is 0 Å². The Morgan fingerprint density at radius 3 is 1.71 bits per heavy atom. The molecule has 1 aliphatic heterocycles. The number of hydrogen-bond acceptors (Lipinski definition) is 5. The largest absolute Gasteiger partial charge is 0.457 e. The minimum Gasteiger partial charge on any atom is -0.457 e. The summed E-state index contributed by atoms with van der Waals surface area (Å²) in [6.45, 7) is 9.24. The Morgan fingerprint density at radius 1 is 0.436 bits per heavy atom. The molecule has 0 saturated heterocycles. The van der Waals surface area contributed by atoms with Gasteiger partial charge in [0.1, 0.15) is 35.5 Å². The van der Waals surface area contributed by atoms with Crippen LogP contribution in [-0.4, -0.2) is 16.2 Å². The van der Waals surface area contributed by atoms with Crippen LogP contribution in [0.5, 0.6) is 23.0 Å². The van der Waals surface area contributed by atoms with Crippen LogP contribution in [0.4, 0.5) is 22.7 Å². The van der Waals surface area contributed by atoms with Crippen LogP contribution >= 0.6 is 0 Å². The summed E-state index contributed by atoms with van der Waals surface area (Å²) in [5.74, 6) is 3.16. The molecule has 0 spiro atoms. The van der Waals surface area contributed by atoms with Crippen molar-refractivity contribution in [1.82, 2.24) is 9.55 Å². The van der Waals surface area contributed by atoms with Gasteiger partial charge in [-0.05, 0) is 93.7 Å². The summed E-state index contributed by atoms with van der Waals surface area (Å²) in [6.07, 6.45) is 1.71. The van der Waals surface area contributed by atoms with E-state index in [1.165, 1.54) is 0 Å². The number of aromatic nitrogens is 2. The Balaban J connectivity index is 0.875. The topological polar surface area (TPSA) is 42.8 Å². The number of benzene rings is 10. The molecule has 0 bridgehead atoms. The highest BCUT2D eigenvalue weighted by Crippen LogP contribution is 2.51. The third-order valence-corrected chi connectivity index (χ3v) is 14.8. The van der Waals surface area contributed by atoms with E-state index in [0.29, 0.717) is 41.0 Å². The minimum absolute atomic E-state index is 0.0564. The predicted molar refractivity (Wildman–Crippen MR) is 324 cm³/mol. The molecule has 10 aromatic carbocycles. The Hall–Kier alpha value is -9.65. The second-order valence-electron chi connectivity index (χ2n) is 20.4. The van der Waals surface area contributed by atoms with Crippen LogP contribution in [0, 0.1) is 0 Å². The minimum atomic E-state index is -0.458. The maximum absolute atomic E-state index is 9.10. The molecule has 0 atom stereocenters. The number of nitrogens with zero attached hydrogens (tertiary/aromatic N) is 4. The summed E-state index contributed by atoms with van der Waals surface area (Å²) in [5, 5.41) is 2.04. The van der Waals surface area contributed by atoms with Gasteiger partial charge in [-0.2, -0.15) is 0 Å². The summed E-state index contributed by atoms with van der Waals surface area (Å²) in [6, 6.07) is 72.9. The van der Waals surface area contributed by atoms with Crippen molar-refractivity contribution in [3.05, 3.63) is 266 Å². The Morgan fingerprint density at radius 2 is 1.01 bits per heavy atom. The summed E-state index contributed by atoms with van der Waals surface area (Å²) < 4.78 is 59.9. The smallest absolute Gasteiger partial charge is 0.143 e. The summed E-state index contributed by atoms with van der Waals surface area (Å²) in [4.78, 5) is 9.75. The molecule has 0 radical (unpaired) electrons. The van der Waals surface area contributed by atoms with E-state index in [-0.39, 0.29) is 29.5 Å². The highest BCUT2D eigenvalue weighted by atomic mass is 16.5. The van der Waals surface area contributed by atoms with E-state index in [2.05, 4.69) is 200 Å². The lowest BCUT2D eigenvalue weighted by atomic mass is 9.89. The van der Waals surface area contributed by atoms with Crippen LogP contribution in [0.15, 0.2) is 255 Å². The van der Waals surface area contributed by atoms with Crippen LogP contribution in [0.3, 0.4) is 0 Å². The van der Waals surface area contributed by atoms with Gasteiger partial charge in [0, 0.05) is 63.1 Å². The van der Waals surface area contributed by atoms with Crippen LogP contribution in [0.25, 0.3) is 72.1 Å². The molecule has 0 saturated carbocycles. The van der Waals surface area contributed by atoms with Crippen molar-refractivity contribution >= 4 is 44.6 Å². The summed E-state index contributed by atoms with van der Waals surface area (Å²) >= 11 is 0. The molecule has 1 aliphatic rings. The van der Waals surface area contributed by atoms with E-state index in [9.17, 15) is 0 Å². The first-order valence-corrected chi connectivity index (χ1v) is 26.6. The molecule has 0 amide bonds. The van der Waals surface area contributed by atoms with E-state index >= 15 is 0 Å². The van der Waals surface area contributed by atoms with Gasteiger partial charge in [-0.1, -0.05) is 210 Å². The maximum Gasteiger partial charge on any atom is 0.143 e. The van der Waals surface area contributed by atoms with Crippen molar-refractivity contribution in [3.8, 4) is 73.3 Å². The van der Waals surface area contributed by atoms with Crippen LogP contribution in [-0.2, 0) is 0 Å². The van der Waals surface area contributed by atoms with Gasteiger partial charge in [0.15, 0.2) is 0 Å². The summed E-state index contributed by atoms with van der Waals surface area (Å²) in [5.41, 5.74) is 15.1. The molecule has 2 aromatic heterocycles. The molecule has 3 heterocycles. The number of pyridine rings is 1. The van der Waals surface area contributed by atoms with Crippen molar-refractivity contribution in [3.63, 3.8) is 0 Å². The van der Waals surface area contributed by atoms with E-state index in [1.54, 1.807) is 18.3 Å². The van der Waals surface area contributed by atoms with Gasteiger partial charge < -0.3 is 19.3 Å². The Labute approximate surface area is 463 Å². The van der Waals surface area contributed by atoms with Gasteiger partial charge in [0.25, 0.3) is 0 Å². The molecular formula is C72H58N4O2. The highest BCUT2D eigenvalue weighted by Gasteiger charge is 2.31. The number of anilines is 4. The van der Waals surface area contributed by atoms with Gasteiger partial charge in [-0.25, -0.2) is 4.98 Å². The molecular weight excluding hydrogens is 953 g/mol. The first-order valence-electron chi connectivity index (χ1n) is 29.1. The molecule has 378 valence electrons. The molecule has 6 heteroatoms. The lowest BCUT2D eigenvalue weighted by Gasteiger charge is -2.27. The van der Waals surface area contributed by atoms with E-state index < -0.39 is 18.1 Å². The fraction of sp³-hybridized carbons (Fsp3) is 0.0972. The van der Waals surface area contributed by atoms with Gasteiger partial charge in [0.2, 0.25) is 0 Å². The van der Waals surface area contributed by atoms with E-state index in [1.807, 2.05) is 48.5 Å². The van der Waals surface area contributed by atoms with Crippen LogP contribution in [0.2, 0.25) is 0 Å². The molecule has 0 fully saturated rings. The molecule has 6 nitrogen and oxygen atoms in total. The lowest BCUT2D eigenvalue weighted by Crippen LogP contribution is -2.24. The van der Waals surface area contributed by atoms with Gasteiger partial charge in [-0.3, -0.25) is 4.57 Å². The van der Waals surface area contributed by atoms with Crippen molar-refractivity contribution in [2.45, 2.75) is 39.5 Å². The van der Waals surface area contributed by atoms with Gasteiger partial charge in [0.05, 0.1) is 34.9 Å². The predicted octanol–water partition coefficient (Wildman–Crippen LogP) is 19.9. The number of ether oxygens (including phenoxy) is 2. The molecule has 13 rings (SSSR count). The van der Waals surface area contributed by atoms with Crippen LogP contribution in [0.1, 0.15) is 57.5 Å². The van der Waals surface area contributed by atoms with Crippen molar-refractivity contribution in [2.75, 3.05) is 16.5 Å². The molecule has 0 N–H and O–H groups in total. The number of fused-ring (bicyclic) bond motifs is 4. The van der Waals surface area contributed by atoms with Crippen molar-refractivity contribution < 1.29 is 16.3 Å². The van der Waals surface area contributed by atoms with Crippen LogP contribution < -0.4 is 19.3 Å². The Bertz CT molecular complexity index is 4350. The normalized spacial score (nSPS) is 13.1. The number of para-hydroxylation sites is 5. The fourth-order valence-corrected chi connectivity index (χ4v) is 10.9. The second-order valence-corrected chi connectivity index (χ2v) is 20.4. The molecule has 0 aliphatic carbocycles.